The Morgan fingerprint density at radius 3 is 2.39 bits per heavy atom. The van der Waals surface area contributed by atoms with Gasteiger partial charge in [-0.05, 0) is 49.3 Å². The maximum absolute atomic E-state index is 11.9. The van der Waals surface area contributed by atoms with Gasteiger partial charge in [-0.25, -0.2) is 0 Å². The largest absolute Gasteiger partial charge is 0.458 e. The number of esters is 1. The van der Waals surface area contributed by atoms with Crippen molar-refractivity contribution in [3.05, 3.63) is 36.1 Å². The van der Waals surface area contributed by atoms with Crippen molar-refractivity contribution in [2.45, 2.75) is 66.2 Å². The third-order valence-electron chi connectivity index (χ3n) is 3.48. The number of benzene rings is 1. The summed E-state index contributed by atoms with van der Waals surface area (Å²) in [6, 6.07) is 5.84. The lowest BCUT2D eigenvalue weighted by Gasteiger charge is -2.14. The molecule has 0 saturated heterocycles. The molecular weight excluding hydrogens is 288 g/mol. The molecule has 0 amide bonds. The molecule has 1 rings (SSSR count). The third kappa shape index (κ3) is 7.36. The normalized spacial score (nSPS) is 10.7. The molecule has 0 spiro atoms. The standard InChI is InChI=1S/C20H30O3/c1-6-8-16(5)22-18-13-12-17(11-10-15(3)4)14-19(18)23-20(21)9-7-2/h12-15H,5-11H2,1-4H3. The molecule has 128 valence electrons. The molecule has 0 fully saturated rings. The number of rotatable bonds is 10. The van der Waals surface area contributed by atoms with Gasteiger partial charge in [0.2, 0.25) is 0 Å². The highest BCUT2D eigenvalue weighted by Crippen LogP contribution is 2.31. The summed E-state index contributed by atoms with van der Waals surface area (Å²) in [7, 11) is 0. The number of carbonyl (C=O) groups is 1. The molecule has 0 aliphatic carbocycles. The summed E-state index contributed by atoms with van der Waals surface area (Å²) in [5.74, 6) is 2.18. The van der Waals surface area contributed by atoms with Gasteiger partial charge in [-0.2, -0.15) is 0 Å². The van der Waals surface area contributed by atoms with E-state index < -0.39 is 0 Å². The molecule has 23 heavy (non-hydrogen) atoms. The molecule has 0 bridgehead atoms. The zero-order chi connectivity index (χ0) is 17.2. The maximum Gasteiger partial charge on any atom is 0.311 e. The number of aryl methyl sites for hydroxylation is 1. The Morgan fingerprint density at radius 1 is 1.09 bits per heavy atom. The summed E-state index contributed by atoms with van der Waals surface area (Å²) in [6.07, 6.45) is 5.00. The lowest BCUT2D eigenvalue weighted by Crippen LogP contribution is -2.09. The molecule has 0 N–H and O–H groups in total. The first-order valence-electron chi connectivity index (χ1n) is 8.65. The molecule has 1 aromatic rings. The molecule has 0 aliphatic rings. The first-order chi connectivity index (χ1) is 11.0. The summed E-state index contributed by atoms with van der Waals surface area (Å²) in [6.45, 7) is 12.4. The Balaban J connectivity index is 2.93. The summed E-state index contributed by atoms with van der Waals surface area (Å²) in [5.41, 5.74) is 1.16. The molecule has 0 atom stereocenters. The molecule has 0 radical (unpaired) electrons. The highest BCUT2D eigenvalue weighted by Gasteiger charge is 2.12. The Bertz CT molecular complexity index is 518. The van der Waals surface area contributed by atoms with Crippen molar-refractivity contribution in [1.82, 2.24) is 0 Å². The van der Waals surface area contributed by atoms with Gasteiger partial charge in [0, 0.05) is 12.8 Å². The number of allylic oxidation sites excluding steroid dienone is 1. The van der Waals surface area contributed by atoms with Crippen molar-refractivity contribution < 1.29 is 14.3 Å². The van der Waals surface area contributed by atoms with Gasteiger partial charge in [0.05, 0.1) is 5.76 Å². The van der Waals surface area contributed by atoms with Crippen molar-refractivity contribution >= 4 is 5.97 Å². The van der Waals surface area contributed by atoms with Crippen LogP contribution < -0.4 is 9.47 Å². The smallest absolute Gasteiger partial charge is 0.311 e. The van der Waals surface area contributed by atoms with E-state index in [-0.39, 0.29) is 5.97 Å². The first kappa shape index (κ1) is 19.3. The quantitative estimate of drug-likeness (QED) is 0.316. The molecule has 0 aromatic heterocycles. The van der Waals surface area contributed by atoms with Crippen LogP contribution >= 0.6 is 0 Å². The van der Waals surface area contributed by atoms with Gasteiger partial charge >= 0.3 is 5.97 Å². The van der Waals surface area contributed by atoms with E-state index in [9.17, 15) is 4.79 Å². The zero-order valence-electron chi connectivity index (χ0n) is 15.0. The SMILES string of the molecule is C=C(CCC)Oc1ccc(CCC(C)C)cc1OC(=O)CCC. The molecule has 3 nitrogen and oxygen atoms in total. The predicted molar refractivity (Wildman–Crippen MR) is 94.8 cm³/mol. The van der Waals surface area contributed by atoms with E-state index >= 15 is 0 Å². The van der Waals surface area contributed by atoms with E-state index in [0.717, 1.165) is 37.7 Å². The fraction of sp³-hybridized carbons (Fsp3) is 0.550. The zero-order valence-corrected chi connectivity index (χ0v) is 15.0. The van der Waals surface area contributed by atoms with Gasteiger partial charge in [0.1, 0.15) is 0 Å². The Morgan fingerprint density at radius 2 is 1.78 bits per heavy atom. The van der Waals surface area contributed by atoms with Crippen LogP contribution in [-0.4, -0.2) is 5.97 Å². The van der Waals surface area contributed by atoms with E-state index in [1.165, 1.54) is 0 Å². The van der Waals surface area contributed by atoms with Gasteiger partial charge in [0.15, 0.2) is 11.5 Å². The summed E-state index contributed by atoms with van der Waals surface area (Å²) in [4.78, 5) is 11.9. The van der Waals surface area contributed by atoms with E-state index in [4.69, 9.17) is 9.47 Å². The van der Waals surface area contributed by atoms with E-state index in [0.29, 0.717) is 29.6 Å². The lowest BCUT2D eigenvalue weighted by molar-refractivity contribution is -0.134. The Kier molecular flexibility index (Phi) is 8.46. The number of hydrogen-bond donors (Lipinski definition) is 0. The summed E-state index contributed by atoms with van der Waals surface area (Å²) in [5, 5.41) is 0. The van der Waals surface area contributed by atoms with Crippen LogP contribution in [0.4, 0.5) is 0 Å². The van der Waals surface area contributed by atoms with Gasteiger partial charge < -0.3 is 9.47 Å². The second-order valence-electron chi connectivity index (χ2n) is 6.33. The monoisotopic (exact) mass is 318 g/mol. The molecule has 1 aromatic carbocycles. The molecule has 0 heterocycles. The minimum absolute atomic E-state index is 0.223. The first-order valence-corrected chi connectivity index (χ1v) is 8.65. The van der Waals surface area contributed by atoms with Crippen molar-refractivity contribution in [3.63, 3.8) is 0 Å². The average molecular weight is 318 g/mol. The number of ether oxygens (including phenoxy) is 2. The number of carbonyl (C=O) groups excluding carboxylic acids is 1. The average Bonchev–Trinajstić information content (AvgIpc) is 2.48. The Hall–Kier alpha value is -1.77. The van der Waals surface area contributed by atoms with Crippen molar-refractivity contribution in [2.75, 3.05) is 0 Å². The second kappa shape index (κ2) is 10.1. The van der Waals surface area contributed by atoms with Gasteiger partial charge in [-0.15, -0.1) is 0 Å². The van der Waals surface area contributed by atoms with E-state index in [1.54, 1.807) is 0 Å². The molecule has 0 aliphatic heterocycles. The van der Waals surface area contributed by atoms with Crippen LogP contribution in [0.2, 0.25) is 0 Å². The fourth-order valence-corrected chi connectivity index (χ4v) is 2.19. The van der Waals surface area contributed by atoms with Crippen LogP contribution in [0.15, 0.2) is 30.5 Å². The van der Waals surface area contributed by atoms with Crippen LogP contribution in [0.5, 0.6) is 11.5 Å². The van der Waals surface area contributed by atoms with Crippen molar-refractivity contribution in [3.8, 4) is 11.5 Å². The summed E-state index contributed by atoms with van der Waals surface area (Å²) < 4.78 is 11.3. The molecule has 0 unspecified atom stereocenters. The molecule has 0 saturated carbocycles. The van der Waals surface area contributed by atoms with E-state index in [1.807, 2.05) is 25.1 Å². The van der Waals surface area contributed by atoms with Crippen LogP contribution in [-0.2, 0) is 11.2 Å². The summed E-state index contributed by atoms with van der Waals surface area (Å²) >= 11 is 0. The van der Waals surface area contributed by atoms with Crippen LogP contribution in [0.3, 0.4) is 0 Å². The lowest BCUT2D eigenvalue weighted by atomic mass is 10.0. The topological polar surface area (TPSA) is 35.5 Å². The highest BCUT2D eigenvalue weighted by atomic mass is 16.6. The van der Waals surface area contributed by atoms with Gasteiger partial charge in [0.25, 0.3) is 0 Å². The predicted octanol–water partition coefficient (Wildman–Crippen LogP) is 5.67. The maximum atomic E-state index is 11.9. The highest BCUT2D eigenvalue weighted by molar-refractivity contribution is 5.73. The van der Waals surface area contributed by atoms with Crippen molar-refractivity contribution in [2.24, 2.45) is 5.92 Å². The van der Waals surface area contributed by atoms with Crippen LogP contribution in [0, 0.1) is 5.92 Å². The van der Waals surface area contributed by atoms with Crippen LogP contribution in [0.1, 0.15) is 65.4 Å². The third-order valence-corrected chi connectivity index (χ3v) is 3.48. The van der Waals surface area contributed by atoms with Gasteiger partial charge in [-0.1, -0.05) is 40.3 Å². The fourth-order valence-electron chi connectivity index (χ4n) is 2.19. The number of hydrogen-bond acceptors (Lipinski definition) is 3. The molecular formula is C20H30O3. The van der Waals surface area contributed by atoms with E-state index in [2.05, 4.69) is 27.4 Å². The van der Waals surface area contributed by atoms with Crippen molar-refractivity contribution in [1.29, 1.82) is 0 Å². The Labute approximate surface area is 140 Å². The second-order valence-corrected chi connectivity index (χ2v) is 6.33. The van der Waals surface area contributed by atoms with Crippen LogP contribution in [0.25, 0.3) is 0 Å². The minimum atomic E-state index is -0.223. The minimum Gasteiger partial charge on any atom is -0.458 e. The van der Waals surface area contributed by atoms with Gasteiger partial charge in [-0.3, -0.25) is 4.79 Å². The molecule has 3 heteroatoms.